The minimum atomic E-state index is -0.528. The van der Waals surface area contributed by atoms with Crippen molar-refractivity contribution in [1.29, 1.82) is 0 Å². The van der Waals surface area contributed by atoms with Crippen LogP contribution in [0.1, 0.15) is 40.2 Å². The molecule has 6 heteroatoms. The summed E-state index contributed by atoms with van der Waals surface area (Å²) in [5, 5.41) is 7.37. The number of rotatable bonds is 3. The van der Waals surface area contributed by atoms with Crippen molar-refractivity contribution in [2.45, 2.75) is 37.4 Å². The molecule has 120 valence electrons. The summed E-state index contributed by atoms with van der Waals surface area (Å²) in [7, 11) is 1.30. The minimum absolute atomic E-state index is 0.109. The topological polar surface area (TPSA) is 80.6 Å². The third-order valence-electron chi connectivity index (χ3n) is 4.79. The maximum absolute atomic E-state index is 12.4. The van der Waals surface area contributed by atoms with Gasteiger partial charge in [-0.05, 0) is 37.5 Å². The van der Waals surface area contributed by atoms with E-state index in [1.807, 2.05) is 0 Å². The highest BCUT2D eigenvalue weighted by molar-refractivity contribution is 5.99. The molecule has 6 nitrogen and oxygen atoms in total. The first-order valence-electron chi connectivity index (χ1n) is 7.83. The van der Waals surface area contributed by atoms with Crippen LogP contribution in [-0.2, 0) is 4.74 Å². The number of carbonyl (C=O) groups is 2. The molecule has 2 aromatic rings. The van der Waals surface area contributed by atoms with Gasteiger partial charge in [0.2, 0.25) is 5.76 Å². The normalized spacial score (nSPS) is 25.7. The van der Waals surface area contributed by atoms with Crippen LogP contribution in [0, 0.1) is 0 Å². The molecule has 2 saturated heterocycles. The second kappa shape index (κ2) is 5.38. The van der Waals surface area contributed by atoms with Crippen molar-refractivity contribution in [3.8, 4) is 0 Å². The Bertz CT molecular complexity index is 782. The lowest BCUT2D eigenvalue weighted by atomic mass is 9.95. The number of amides is 1. The number of fused-ring (bicyclic) bond motifs is 3. The summed E-state index contributed by atoms with van der Waals surface area (Å²) in [5.41, 5.74) is 1.04. The number of carbonyl (C=O) groups excluding carboxylic acids is 2. The minimum Gasteiger partial charge on any atom is -0.463 e. The molecule has 3 atom stereocenters. The molecule has 1 amide bonds. The van der Waals surface area contributed by atoms with Gasteiger partial charge in [0.1, 0.15) is 5.58 Å². The van der Waals surface area contributed by atoms with Crippen molar-refractivity contribution < 1.29 is 18.7 Å². The molecule has 0 unspecified atom stereocenters. The highest BCUT2D eigenvalue weighted by Crippen LogP contribution is 2.28. The molecule has 2 fully saturated rings. The Morgan fingerprint density at radius 3 is 2.87 bits per heavy atom. The van der Waals surface area contributed by atoms with Crippen LogP contribution in [0.3, 0.4) is 0 Å². The SMILES string of the molecule is COC(=O)c1cc2ccc(C(=O)N[C@@H]3C[C@H]4CC[C@@H]3N4)cc2o1. The molecule has 0 saturated carbocycles. The number of methoxy groups -OCH3 is 1. The fourth-order valence-corrected chi connectivity index (χ4v) is 3.61. The van der Waals surface area contributed by atoms with E-state index in [1.54, 1.807) is 24.3 Å². The summed E-state index contributed by atoms with van der Waals surface area (Å²) in [6, 6.07) is 7.93. The monoisotopic (exact) mass is 314 g/mol. The summed E-state index contributed by atoms with van der Waals surface area (Å²) < 4.78 is 10.1. The van der Waals surface area contributed by atoms with Gasteiger partial charge in [-0.3, -0.25) is 4.79 Å². The molecular weight excluding hydrogens is 296 g/mol. The Kier molecular flexibility index (Phi) is 3.34. The van der Waals surface area contributed by atoms with Crippen molar-refractivity contribution in [3.05, 3.63) is 35.6 Å². The zero-order valence-corrected chi connectivity index (χ0v) is 12.8. The van der Waals surface area contributed by atoms with Gasteiger partial charge in [-0.15, -0.1) is 0 Å². The number of esters is 1. The lowest BCUT2D eigenvalue weighted by molar-refractivity contribution is 0.0567. The highest BCUT2D eigenvalue weighted by Gasteiger charge is 2.39. The van der Waals surface area contributed by atoms with Gasteiger partial charge < -0.3 is 19.8 Å². The van der Waals surface area contributed by atoms with Crippen molar-refractivity contribution in [3.63, 3.8) is 0 Å². The third-order valence-corrected chi connectivity index (χ3v) is 4.79. The number of hydrogen-bond acceptors (Lipinski definition) is 5. The lowest BCUT2D eigenvalue weighted by Gasteiger charge is -2.21. The second-order valence-corrected chi connectivity index (χ2v) is 6.22. The lowest BCUT2D eigenvalue weighted by Crippen LogP contribution is -2.42. The van der Waals surface area contributed by atoms with E-state index in [4.69, 9.17) is 4.42 Å². The Hall–Kier alpha value is -2.34. The van der Waals surface area contributed by atoms with Gasteiger partial charge in [-0.25, -0.2) is 4.79 Å². The molecular formula is C17H18N2O4. The number of ether oxygens (including phenoxy) is 1. The van der Waals surface area contributed by atoms with E-state index >= 15 is 0 Å². The van der Waals surface area contributed by atoms with Crippen LogP contribution < -0.4 is 10.6 Å². The second-order valence-electron chi connectivity index (χ2n) is 6.22. The van der Waals surface area contributed by atoms with E-state index in [9.17, 15) is 9.59 Å². The van der Waals surface area contributed by atoms with Crippen molar-refractivity contribution >= 4 is 22.8 Å². The maximum Gasteiger partial charge on any atom is 0.373 e. The number of nitrogens with one attached hydrogen (secondary N) is 2. The average molecular weight is 314 g/mol. The largest absolute Gasteiger partial charge is 0.463 e. The molecule has 2 bridgehead atoms. The molecule has 0 spiro atoms. The standard InChI is InChI=1S/C17H18N2O4/c1-22-17(21)15-6-9-2-3-10(7-14(9)23-15)16(20)19-13-8-11-4-5-12(13)18-11/h2-3,6-7,11-13,18H,4-5,8H2,1H3,(H,19,20)/t11-,12+,13-/m1/s1. The van der Waals surface area contributed by atoms with Gasteiger partial charge >= 0.3 is 5.97 Å². The molecule has 0 aliphatic carbocycles. The summed E-state index contributed by atoms with van der Waals surface area (Å²) in [6.07, 6.45) is 3.31. The first-order valence-corrected chi connectivity index (χ1v) is 7.83. The molecule has 2 aliphatic rings. The van der Waals surface area contributed by atoms with E-state index in [2.05, 4.69) is 15.4 Å². The zero-order valence-electron chi connectivity index (χ0n) is 12.8. The molecule has 3 heterocycles. The van der Waals surface area contributed by atoms with Gasteiger partial charge in [0.05, 0.1) is 7.11 Å². The molecule has 23 heavy (non-hydrogen) atoms. The Morgan fingerprint density at radius 1 is 1.30 bits per heavy atom. The predicted octanol–water partition coefficient (Wildman–Crippen LogP) is 1.84. The summed E-state index contributed by atoms with van der Waals surface area (Å²) in [5.74, 6) is -0.500. The molecule has 1 aromatic carbocycles. The Labute approximate surface area is 133 Å². The van der Waals surface area contributed by atoms with Gasteiger partial charge in [-0.1, -0.05) is 6.07 Å². The Balaban J connectivity index is 1.54. The van der Waals surface area contributed by atoms with E-state index in [1.165, 1.54) is 13.5 Å². The molecule has 2 N–H and O–H groups in total. The first kappa shape index (κ1) is 14.3. The van der Waals surface area contributed by atoms with Crippen molar-refractivity contribution in [2.24, 2.45) is 0 Å². The fourth-order valence-electron chi connectivity index (χ4n) is 3.61. The summed E-state index contributed by atoms with van der Waals surface area (Å²) >= 11 is 0. The smallest absolute Gasteiger partial charge is 0.373 e. The maximum atomic E-state index is 12.4. The highest BCUT2D eigenvalue weighted by atomic mass is 16.5. The molecule has 2 aliphatic heterocycles. The van der Waals surface area contributed by atoms with Crippen LogP contribution in [0.5, 0.6) is 0 Å². The number of furan rings is 1. The molecule has 0 radical (unpaired) electrons. The predicted molar refractivity (Wildman–Crippen MR) is 83.4 cm³/mol. The van der Waals surface area contributed by atoms with Crippen LogP contribution >= 0.6 is 0 Å². The van der Waals surface area contributed by atoms with E-state index in [0.29, 0.717) is 23.2 Å². The fraction of sp³-hybridized carbons (Fsp3) is 0.412. The summed E-state index contributed by atoms with van der Waals surface area (Å²) in [6.45, 7) is 0. The molecule has 1 aromatic heterocycles. The van der Waals surface area contributed by atoms with Crippen LogP contribution in [0.2, 0.25) is 0 Å². The zero-order chi connectivity index (χ0) is 16.0. The quantitative estimate of drug-likeness (QED) is 0.845. The Morgan fingerprint density at radius 2 is 2.17 bits per heavy atom. The van der Waals surface area contributed by atoms with Crippen molar-refractivity contribution in [2.75, 3.05) is 7.11 Å². The van der Waals surface area contributed by atoms with E-state index in [0.717, 1.165) is 18.2 Å². The van der Waals surface area contributed by atoms with E-state index in [-0.39, 0.29) is 17.7 Å². The summed E-state index contributed by atoms with van der Waals surface area (Å²) in [4.78, 5) is 23.9. The average Bonchev–Trinajstić information content (AvgIpc) is 3.27. The van der Waals surface area contributed by atoms with Gasteiger partial charge in [0.15, 0.2) is 0 Å². The van der Waals surface area contributed by atoms with Gasteiger partial charge in [0.25, 0.3) is 5.91 Å². The first-order chi connectivity index (χ1) is 11.1. The van der Waals surface area contributed by atoms with Gasteiger partial charge in [-0.2, -0.15) is 0 Å². The van der Waals surface area contributed by atoms with Crippen LogP contribution in [-0.4, -0.2) is 37.1 Å². The molecule has 4 rings (SSSR count). The van der Waals surface area contributed by atoms with Crippen LogP contribution in [0.15, 0.2) is 28.7 Å². The number of hydrogen-bond donors (Lipinski definition) is 2. The van der Waals surface area contributed by atoms with Gasteiger partial charge in [0, 0.05) is 29.1 Å². The van der Waals surface area contributed by atoms with Crippen molar-refractivity contribution in [1.82, 2.24) is 10.6 Å². The van der Waals surface area contributed by atoms with Crippen LogP contribution in [0.25, 0.3) is 11.0 Å². The third kappa shape index (κ3) is 2.49. The van der Waals surface area contributed by atoms with Crippen LogP contribution in [0.4, 0.5) is 0 Å². The number of benzene rings is 1. The van der Waals surface area contributed by atoms with E-state index < -0.39 is 5.97 Å².